The third-order valence-electron chi connectivity index (χ3n) is 4.49. The first kappa shape index (κ1) is 19.5. The molecule has 0 bridgehead atoms. The van der Waals surface area contributed by atoms with Crippen LogP contribution in [0.15, 0.2) is 0 Å². The van der Waals surface area contributed by atoms with Crippen LogP contribution in [-0.2, 0) is 4.79 Å². The van der Waals surface area contributed by atoms with Crippen molar-refractivity contribution in [2.45, 2.75) is 93.5 Å². The summed E-state index contributed by atoms with van der Waals surface area (Å²) in [5.41, 5.74) is 0.221. The molecule has 0 radical (unpaired) electrons. The molecule has 0 heterocycles. The minimum Gasteiger partial charge on any atom is -0.351 e. The third-order valence-corrected chi connectivity index (χ3v) is 4.49. The highest BCUT2D eigenvalue weighted by atomic mass is 16.1. The largest absolute Gasteiger partial charge is 0.351 e. The van der Waals surface area contributed by atoms with Gasteiger partial charge < -0.3 is 5.32 Å². The minimum atomic E-state index is -0.0878. The summed E-state index contributed by atoms with van der Waals surface area (Å²) >= 11 is 0. The summed E-state index contributed by atoms with van der Waals surface area (Å²) in [6, 6.07) is 0. The summed E-state index contributed by atoms with van der Waals surface area (Å²) in [5.74, 6) is 0.814. The molecule has 0 aliphatic rings. The highest BCUT2D eigenvalue weighted by Gasteiger charge is 2.33. The molecule has 0 saturated carbocycles. The molecule has 20 heavy (non-hydrogen) atoms. The summed E-state index contributed by atoms with van der Waals surface area (Å²) in [6.07, 6.45) is 3.79. The molecule has 0 aliphatic carbocycles. The van der Waals surface area contributed by atoms with Gasteiger partial charge in [-0.1, -0.05) is 54.9 Å². The number of nitrogens with one attached hydrogen (secondary N) is 1. The number of carbonyl (C=O) groups is 1. The fourth-order valence-electron chi connectivity index (χ4n) is 3.04. The fourth-order valence-corrected chi connectivity index (χ4v) is 3.04. The molecule has 0 aliphatic heterocycles. The molecule has 0 fully saturated rings. The predicted octanol–water partition coefficient (Wildman–Crippen LogP) is 5.17. The van der Waals surface area contributed by atoms with Crippen LogP contribution < -0.4 is 5.32 Å². The fraction of sp³-hybridized carbons (Fsp3) is 0.944. The van der Waals surface area contributed by atoms with Gasteiger partial charge in [0.2, 0.25) is 5.91 Å². The first-order valence-corrected chi connectivity index (χ1v) is 8.12. The monoisotopic (exact) mass is 283 g/mol. The SMILES string of the molecule is CCCC(C)(C)NC(=O)CC(C)(C)CC(C)(C)C(C)C. The molecule has 1 N–H and O–H groups in total. The van der Waals surface area contributed by atoms with Crippen LogP contribution >= 0.6 is 0 Å². The van der Waals surface area contributed by atoms with Gasteiger partial charge in [0, 0.05) is 12.0 Å². The average molecular weight is 284 g/mol. The van der Waals surface area contributed by atoms with Crippen molar-refractivity contribution < 1.29 is 4.79 Å². The van der Waals surface area contributed by atoms with Crippen molar-refractivity contribution in [3.8, 4) is 0 Å². The second-order valence-electron chi connectivity index (χ2n) is 8.84. The lowest BCUT2D eigenvalue weighted by Gasteiger charge is -2.38. The van der Waals surface area contributed by atoms with Gasteiger partial charge in [0.15, 0.2) is 0 Å². The van der Waals surface area contributed by atoms with Gasteiger partial charge in [-0.25, -0.2) is 0 Å². The summed E-state index contributed by atoms with van der Waals surface area (Å²) in [7, 11) is 0. The van der Waals surface area contributed by atoms with E-state index in [4.69, 9.17) is 0 Å². The molecular formula is C18H37NO. The molecule has 2 heteroatoms. The van der Waals surface area contributed by atoms with Crippen LogP contribution in [0.4, 0.5) is 0 Å². The molecule has 0 spiro atoms. The Morgan fingerprint density at radius 1 is 1.05 bits per heavy atom. The summed E-state index contributed by atoms with van der Waals surface area (Å²) in [6.45, 7) is 19.9. The molecule has 1 amide bonds. The van der Waals surface area contributed by atoms with E-state index in [2.05, 4.69) is 67.6 Å². The van der Waals surface area contributed by atoms with E-state index in [1.54, 1.807) is 0 Å². The Morgan fingerprint density at radius 3 is 1.95 bits per heavy atom. The van der Waals surface area contributed by atoms with Crippen LogP contribution in [0.1, 0.15) is 88.0 Å². The first-order chi connectivity index (χ1) is 8.81. The Hall–Kier alpha value is -0.530. The lowest BCUT2D eigenvalue weighted by molar-refractivity contribution is -0.125. The molecular weight excluding hydrogens is 246 g/mol. The van der Waals surface area contributed by atoms with Crippen molar-refractivity contribution in [3.63, 3.8) is 0 Å². The lowest BCUT2D eigenvalue weighted by Crippen LogP contribution is -2.45. The van der Waals surface area contributed by atoms with Gasteiger partial charge in [-0.3, -0.25) is 4.79 Å². The Kier molecular flexibility index (Phi) is 6.77. The average Bonchev–Trinajstić information content (AvgIpc) is 2.11. The summed E-state index contributed by atoms with van der Waals surface area (Å²) < 4.78 is 0. The van der Waals surface area contributed by atoms with E-state index >= 15 is 0 Å². The molecule has 0 aromatic rings. The van der Waals surface area contributed by atoms with Gasteiger partial charge in [0.1, 0.15) is 0 Å². The minimum absolute atomic E-state index is 0.0418. The smallest absolute Gasteiger partial charge is 0.220 e. The van der Waals surface area contributed by atoms with Gasteiger partial charge >= 0.3 is 0 Å². The van der Waals surface area contributed by atoms with Gasteiger partial charge in [0.25, 0.3) is 0 Å². The summed E-state index contributed by atoms with van der Waals surface area (Å²) in [5, 5.41) is 3.19. The molecule has 0 atom stereocenters. The van der Waals surface area contributed by atoms with Crippen LogP contribution in [0.25, 0.3) is 0 Å². The van der Waals surface area contributed by atoms with Gasteiger partial charge in [0.05, 0.1) is 0 Å². The Balaban J connectivity index is 4.58. The van der Waals surface area contributed by atoms with Crippen LogP contribution in [0.2, 0.25) is 0 Å². The van der Waals surface area contributed by atoms with Gasteiger partial charge in [-0.2, -0.15) is 0 Å². The maximum Gasteiger partial charge on any atom is 0.220 e. The third kappa shape index (κ3) is 7.31. The van der Waals surface area contributed by atoms with Crippen molar-refractivity contribution in [1.82, 2.24) is 5.32 Å². The van der Waals surface area contributed by atoms with Crippen molar-refractivity contribution in [2.75, 3.05) is 0 Å². The van der Waals surface area contributed by atoms with Crippen molar-refractivity contribution >= 4 is 5.91 Å². The lowest BCUT2D eigenvalue weighted by atomic mass is 9.68. The number of rotatable bonds is 8. The number of amides is 1. The highest BCUT2D eigenvalue weighted by molar-refractivity contribution is 5.77. The molecule has 120 valence electrons. The van der Waals surface area contributed by atoms with Crippen LogP contribution in [0, 0.1) is 16.7 Å². The van der Waals surface area contributed by atoms with E-state index in [0.717, 1.165) is 19.3 Å². The Labute approximate surface area is 127 Å². The molecule has 0 aromatic carbocycles. The topological polar surface area (TPSA) is 29.1 Å². The van der Waals surface area contributed by atoms with E-state index in [-0.39, 0.29) is 22.3 Å². The highest BCUT2D eigenvalue weighted by Crippen LogP contribution is 2.40. The molecule has 0 rings (SSSR count). The number of carbonyl (C=O) groups excluding carboxylic acids is 1. The zero-order chi connectivity index (χ0) is 16.2. The van der Waals surface area contributed by atoms with E-state index in [0.29, 0.717) is 12.3 Å². The first-order valence-electron chi connectivity index (χ1n) is 8.12. The van der Waals surface area contributed by atoms with Crippen LogP contribution in [-0.4, -0.2) is 11.4 Å². The normalized spacial score (nSPS) is 13.7. The standard InChI is InChI=1S/C18H37NO/c1-10-11-18(8,9)19-15(20)12-16(4,5)13-17(6,7)14(2)3/h14H,10-13H2,1-9H3,(H,19,20). The number of hydrogen-bond donors (Lipinski definition) is 1. The predicted molar refractivity (Wildman–Crippen MR) is 88.8 cm³/mol. The molecule has 0 saturated heterocycles. The zero-order valence-corrected chi connectivity index (χ0v) is 15.3. The zero-order valence-electron chi connectivity index (χ0n) is 15.3. The second kappa shape index (κ2) is 6.95. The van der Waals surface area contributed by atoms with E-state index in [1.807, 2.05) is 0 Å². The quantitative estimate of drug-likeness (QED) is 0.654. The number of hydrogen-bond acceptors (Lipinski definition) is 1. The van der Waals surface area contributed by atoms with Crippen molar-refractivity contribution in [3.05, 3.63) is 0 Å². The van der Waals surface area contributed by atoms with Gasteiger partial charge in [-0.15, -0.1) is 0 Å². The Bertz CT molecular complexity index is 313. The van der Waals surface area contributed by atoms with Crippen molar-refractivity contribution in [1.29, 1.82) is 0 Å². The maximum absolute atomic E-state index is 12.3. The van der Waals surface area contributed by atoms with E-state index < -0.39 is 0 Å². The molecule has 0 unspecified atom stereocenters. The molecule has 0 aromatic heterocycles. The van der Waals surface area contributed by atoms with Gasteiger partial charge in [-0.05, 0) is 43.4 Å². The van der Waals surface area contributed by atoms with Crippen LogP contribution in [0.3, 0.4) is 0 Å². The van der Waals surface area contributed by atoms with Crippen molar-refractivity contribution in [2.24, 2.45) is 16.7 Å². The Morgan fingerprint density at radius 2 is 1.55 bits per heavy atom. The maximum atomic E-state index is 12.3. The second-order valence-corrected chi connectivity index (χ2v) is 8.84. The van der Waals surface area contributed by atoms with Crippen LogP contribution in [0.5, 0.6) is 0 Å². The summed E-state index contributed by atoms with van der Waals surface area (Å²) in [4.78, 5) is 12.3. The molecule has 2 nitrogen and oxygen atoms in total. The van der Waals surface area contributed by atoms with E-state index in [1.165, 1.54) is 0 Å². The van der Waals surface area contributed by atoms with E-state index in [9.17, 15) is 4.79 Å².